The molecule has 4 rings (SSSR count). The lowest BCUT2D eigenvalue weighted by molar-refractivity contribution is -0.130. The minimum absolute atomic E-state index is 0.253. The van der Waals surface area contributed by atoms with Crippen LogP contribution in [-0.2, 0) is 16.1 Å². The lowest BCUT2D eigenvalue weighted by Crippen LogP contribution is -2.36. The Balaban J connectivity index is 1.90. The number of nitrogens with one attached hydrogen (secondary N) is 1. The maximum absolute atomic E-state index is 13.4. The van der Waals surface area contributed by atoms with Gasteiger partial charge < -0.3 is 5.32 Å². The van der Waals surface area contributed by atoms with E-state index >= 15 is 0 Å². The maximum atomic E-state index is 13.4. The first kappa shape index (κ1) is 17.8. The number of fused-ring (bicyclic) bond motifs is 1. The Morgan fingerprint density at radius 1 is 1.04 bits per heavy atom. The third kappa shape index (κ3) is 3.10. The van der Waals surface area contributed by atoms with Crippen LogP contribution in [0.25, 0.3) is 5.70 Å². The number of rotatable bonds is 5. The second kappa shape index (κ2) is 7.17. The fourth-order valence-electron chi connectivity index (χ4n) is 3.59. The number of pyridine rings is 1. The van der Waals surface area contributed by atoms with E-state index in [0.29, 0.717) is 12.2 Å². The first-order valence-electron chi connectivity index (χ1n) is 8.74. The molecule has 1 aromatic heterocycles. The van der Waals surface area contributed by atoms with Crippen LogP contribution < -0.4 is 9.80 Å². The first-order valence-corrected chi connectivity index (χ1v) is 8.74. The highest BCUT2D eigenvalue weighted by Crippen LogP contribution is 2.46. The summed E-state index contributed by atoms with van der Waals surface area (Å²) in [4.78, 5) is 26.7. The van der Waals surface area contributed by atoms with Gasteiger partial charge in [0.25, 0.3) is 5.91 Å². The molecule has 1 atom stereocenters. The van der Waals surface area contributed by atoms with Crippen LogP contribution in [0.15, 0.2) is 79.3 Å². The van der Waals surface area contributed by atoms with Crippen molar-refractivity contribution in [3.8, 4) is 0 Å². The Hall–Kier alpha value is -3.64. The number of hydrogen-bond donors (Lipinski definition) is 1. The molecule has 6 heteroatoms. The Bertz CT molecular complexity index is 1060. The minimum Gasteiger partial charge on any atom is -0.315 e. The van der Waals surface area contributed by atoms with Crippen LogP contribution in [0.1, 0.15) is 11.1 Å². The fraction of sp³-hybridized carbons (Fsp3) is 0.0455. The molecule has 1 N–H and O–H groups in total. The van der Waals surface area contributed by atoms with Crippen LogP contribution in [0.3, 0.4) is 0 Å². The summed E-state index contributed by atoms with van der Waals surface area (Å²) in [5, 5.41) is 2.67. The van der Waals surface area contributed by atoms with E-state index < -0.39 is 5.91 Å². The van der Waals surface area contributed by atoms with Crippen molar-refractivity contribution in [2.75, 3.05) is 0 Å². The van der Waals surface area contributed by atoms with Crippen molar-refractivity contribution in [2.45, 2.75) is 6.54 Å². The van der Waals surface area contributed by atoms with Gasteiger partial charge in [0.2, 0.25) is 6.29 Å². The number of hydrogen-bond acceptors (Lipinski definition) is 3. The number of amides is 1. The summed E-state index contributed by atoms with van der Waals surface area (Å²) < 4.78 is 13.7. The van der Waals surface area contributed by atoms with Crippen LogP contribution in [0, 0.1) is 5.82 Å². The van der Waals surface area contributed by atoms with E-state index in [9.17, 15) is 14.0 Å². The molecule has 3 aromatic rings. The molecule has 0 bridgehead atoms. The van der Waals surface area contributed by atoms with Gasteiger partial charge in [-0.15, -0.1) is 0 Å². The minimum atomic E-state index is -0.711. The number of quaternary nitrogens is 1. The van der Waals surface area contributed by atoms with E-state index in [1.54, 1.807) is 24.5 Å². The number of benzene rings is 2. The van der Waals surface area contributed by atoms with Gasteiger partial charge in [-0.3, -0.25) is 14.6 Å². The van der Waals surface area contributed by atoms with Crippen LogP contribution in [0.5, 0.6) is 0 Å². The normalized spacial score (nSPS) is 17.5. The average molecular weight is 374 g/mol. The highest BCUT2D eigenvalue weighted by Gasteiger charge is 2.41. The van der Waals surface area contributed by atoms with Crippen molar-refractivity contribution >= 4 is 29.3 Å². The Kier molecular flexibility index (Phi) is 4.55. The van der Waals surface area contributed by atoms with Crippen LogP contribution in [-0.4, -0.2) is 17.2 Å². The summed E-state index contributed by atoms with van der Waals surface area (Å²) in [6, 6.07) is 17.8. The molecule has 1 unspecified atom stereocenters. The second-order valence-electron chi connectivity index (χ2n) is 6.53. The van der Waals surface area contributed by atoms with Crippen LogP contribution in [0.4, 0.5) is 15.8 Å². The molecule has 5 nitrogen and oxygen atoms in total. The molecule has 138 valence electrons. The molecule has 0 spiro atoms. The quantitative estimate of drug-likeness (QED) is 0.421. The SMILES string of the molecule is O=CC(=O)NC1=C[N+](Cc2ccc(F)cc2)(c2ccncc2)c2ccccc21. The molecule has 2 heterocycles. The molecule has 0 saturated heterocycles. The molecule has 0 radical (unpaired) electrons. The molecule has 28 heavy (non-hydrogen) atoms. The standard InChI is InChI=1S/C22H16FN3O2/c23-17-7-5-16(6-8-17)13-26(18-9-11-24-12-10-18)14-20(25-22(28)15-27)19-3-1-2-4-21(19)26/h1-12,14-15H,13H2/p+1. The van der Waals surface area contributed by atoms with Crippen molar-refractivity contribution in [1.29, 1.82) is 0 Å². The van der Waals surface area contributed by atoms with E-state index in [1.807, 2.05) is 42.6 Å². The van der Waals surface area contributed by atoms with Crippen LogP contribution >= 0.6 is 0 Å². The first-order chi connectivity index (χ1) is 13.6. The van der Waals surface area contributed by atoms with Gasteiger partial charge >= 0.3 is 0 Å². The van der Waals surface area contributed by atoms with Crippen molar-refractivity contribution in [1.82, 2.24) is 14.8 Å². The second-order valence-corrected chi connectivity index (χ2v) is 6.53. The third-order valence-corrected chi connectivity index (χ3v) is 4.81. The van der Waals surface area contributed by atoms with E-state index in [-0.39, 0.29) is 16.6 Å². The number of halogens is 1. The Morgan fingerprint density at radius 2 is 1.75 bits per heavy atom. The van der Waals surface area contributed by atoms with E-state index in [1.165, 1.54) is 12.1 Å². The van der Waals surface area contributed by atoms with Crippen molar-refractivity contribution in [3.63, 3.8) is 0 Å². The predicted octanol–water partition coefficient (Wildman–Crippen LogP) is 3.69. The summed E-state index contributed by atoms with van der Waals surface area (Å²) in [7, 11) is 0. The summed E-state index contributed by atoms with van der Waals surface area (Å²) >= 11 is 0. The Labute approximate surface area is 161 Å². The summed E-state index contributed by atoms with van der Waals surface area (Å²) in [6.07, 6.45) is 5.57. The van der Waals surface area contributed by atoms with Gasteiger partial charge in [0.05, 0.1) is 5.56 Å². The molecule has 1 aliphatic heterocycles. The Morgan fingerprint density at radius 3 is 2.46 bits per heavy atom. The van der Waals surface area contributed by atoms with E-state index in [2.05, 4.69) is 10.3 Å². The third-order valence-electron chi connectivity index (χ3n) is 4.81. The van der Waals surface area contributed by atoms with Gasteiger partial charge in [0.1, 0.15) is 29.9 Å². The van der Waals surface area contributed by atoms with Gasteiger partial charge in [-0.25, -0.2) is 8.87 Å². The van der Waals surface area contributed by atoms with Crippen molar-refractivity contribution in [3.05, 3.63) is 96.2 Å². The largest absolute Gasteiger partial charge is 0.315 e. The maximum Gasteiger partial charge on any atom is 0.288 e. The lowest BCUT2D eigenvalue weighted by atomic mass is 10.1. The number of para-hydroxylation sites is 1. The van der Waals surface area contributed by atoms with Crippen LogP contribution in [0.2, 0.25) is 0 Å². The van der Waals surface area contributed by atoms with Gasteiger partial charge in [0, 0.05) is 36.2 Å². The number of carbonyl (C=O) groups is 2. The molecule has 2 aromatic carbocycles. The zero-order chi connectivity index (χ0) is 19.6. The monoisotopic (exact) mass is 374 g/mol. The molecule has 0 aliphatic carbocycles. The molecular weight excluding hydrogens is 357 g/mol. The number of aromatic nitrogens is 1. The summed E-state index contributed by atoms with van der Waals surface area (Å²) in [5.41, 5.74) is 4.19. The predicted molar refractivity (Wildman–Crippen MR) is 104 cm³/mol. The van der Waals surface area contributed by atoms with Gasteiger partial charge in [-0.05, 0) is 18.2 Å². The molecule has 0 fully saturated rings. The van der Waals surface area contributed by atoms with E-state index in [4.69, 9.17) is 0 Å². The number of nitrogens with zero attached hydrogens (tertiary/aromatic N) is 2. The van der Waals surface area contributed by atoms with Gasteiger partial charge in [-0.1, -0.05) is 24.3 Å². The number of aldehydes is 1. The zero-order valence-electron chi connectivity index (χ0n) is 14.9. The fourth-order valence-corrected chi connectivity index (χ4v) is 3.59. The zero-order valence-corrected chi connectivity index (χ0v) is 14.9. The smallest absolute Gasteiger partial charge is 0.288 e. The van der Waals surface area contributed by atoms with E-state index in [0.717, 1.165) is 22.5 Å². The highest BCUT2D eigenvalue weighted by molar-refractivity contribution is 6.26. The summed E-state index contributed by atoms with van der Waals surface area (Å²) in [5.74, 6) is -1.01. The van der Waals surface area contributed by atoms with Crippen molar-refractivity contribution < 1.29 is 14.0 Å². The number of carbonyl (C=O) groups excluding carboxylic acids is 2. The topological polar surface area (TPSA) is 59.1 Å². The molecule has 0 saturated carbocycles. The molecule has 1 aliphatic rings. The van der Waals surface area contributed by atoms with Crippen molar-refractivity contribution in [2.24, 2.45) is 0 Å². The summed E-state index contributed by atoms with van der Waals surface area (Å²) in [6.45, 7) is 0.502. The average Bonchev–Trinajstić information content (AvgIpc) is 3.05. The van der Waals surface area contributed by atoms with Gasteiger partial charge in [-0.2, -0.15) is 0 Å². The van der Waals surface area contributed by atoms with Gasteiger partial charge in [0.15, 0.2) is 5.69 Å². The molecule has 1 amide bonds. The lowest BCUT2D eigenvalue weighted by Gasteiger charge is -2.31. The molecular formula is C22H17FN3O2+. The highest BCUT2D eigenvalue weighted by atomic mass is 19.1.